The minimum Gasteiger partial charge on any atom is -0.381 e. The molecule has 0 aromatic heterocycles. The average Bonchev–Trinajstić information content (AvgIpc) is 2.85. The van der Waals surface area contributed by atoms with Gasteiger partial charge in [-0.3, -0.25) is 4.79 Å². The Morgan fingerprint density at radius 3 is 2.94 bits per heavy atom. The molecule has 0 aromatic rings. The van der Waals surface area contributed by atoms with Gasteiger partial charge in [-0.2, -0.15) is 0 Å². The van der Waals surface area contributed by atoms with Crippen molar-refractivity contribution in [2.24, 2.45) is 23.5 Å². The Balaban J connectivity index is 1.70. The smallest absolute Gasteiger partial charge is 0.224 e. The minimum atomic E-state index is 0.0218. The summed E-state index contributed by atoms with van der Waals surface area (Å²) < 4.78 is 5.33. The van der Waals surface area contributed by atoms with Gasteiger partial charge in [0.1, 0.15) is 0 Å². The molecule has 1 aliphatic carbocycles. The summed E-state index contributed by atoms with van der Waals surface area (Å²) in [6.45, 7) is 4.66. The molecular formula is C14H26N2O2. The molecule has 2 aliphatic rings. The Hall–Kier alpha value is -0.610. The molecule has 1 heterocycles. The lowest BCUT2D eigenvalue weighted by Gasteiger charge is -2.32. The number of ether oxygens (including phenoxy) is 1. The van der Waals surface area contributed by atoms with E-state index in [-0.39, 0.29) is 17.9 Å². The van der Waals surface area contributed by atoms with E-state index in [1.165, 1.54) is 0 Å². The third-order valence-electron chi connectivity index (χ3n) is 4.51. The van der Waals surface area contributed by atoms with Crippen molar-refractivity contribution < 1.29 is 9.53 Å². The predicted molar refractivity (Wildman–Crippen MR) is 71.0 cm³/mol. The number of carbonyl (C=O) groups excluding carboxylic acids is 1. The second-order valence-electron chi connectivity index (χ2n) is 5.90. The van der Waals surface area contributed by atoms with E-state index in [2.05, 4.69) is 12.2 Å². The molecule has 1 saturated heterocycles. The predicted octanol–water partition coefficient (Wildman–Crippen LogP) is 1.29. The van der Waals surface area contributed by atoms with Crippen LogP contribution in [-0.2, 0) is 9.53 Å². The SMILES string of the molecule is CC1CCCC(C(=O)NCCC2CCOC2)C1N. The highest BCUT2D eigenvalue weighted by Crippen LogP contribution is 2.27. The quantitative estimate of drug-likeness (QED) is 0.794. The molecule has 0 bridgehead atoms. The largest absolute Gasteiger partial charge is 0.381 e. The molecule has 18 heavy (non-hydrogen) atoms. The first-order valence-corrected chi connectivity index (χ1v) is 7.29. The lowest BCUT2D eigenvalue weighted by molar-refractivity contribution is -0.127. The summed E-state index contributed by atoms with van der Waals surface area (Å²) in [4.78, 5) is 12.1. The standard InChI is InChI=1S/C14H26N2O2/c1-10-3-2-4-12(13(10)15)14(17)16-7-5-11-6-8-18-9-11/h10-13H,2-9,15H2,1H3,(H,16,17). The first-order valence-electron chi connectivity index (χ1n) is 7.29. The van der Waals surface area contributed by atoms with Crippen LogP contribution in [0.3, 0.4) is 0 Å². The molecule has 3 N–H and O–H groups in total. The third-order valence-corrected chi connectivity index (χ3v) is 4.51. The summed E-state index contributed by atoms with van der Waals surface area (Å²) in [5.74, 6) is 1.28. The van der Waals surface area contributed by atoms with Crippen LogP contribution in [0.25, 0.3) is 0 Å². The summed E-state index contributed by atoms with van der Waals surface area (Å²) in [6.07, 6.45) is 5.40. The van der Waals surface area contributed by atoms with E-state index in [1.54, 1.807) is 0 Å². The Morgan fingerprint density at radius 1 is 1.39 bits per heavy atom. The average molecular weight is 254 g/mol. The van der Waals surface area contributed by atoms with Crippen molar-refractivity contribution in [3.05, 3.63) is 0 Å². The van der Waals surface area contributed by atoms with Crippen molar-refractivity contribution >= 4 is 5.91 Å². The summed E-state index contributed by atoms with van der Waals surface area (Å²) in [5.41, 5.74) is 6.14. The van der Waals surface area contributed by atoms with E-state index in [0.717, 1.165) is 51.9 Å². The minimum absolute atomic E-state index is 0.0218. The van der Waals surface area contributed by atoms with Gasteiger partial charge in [0.2, 0.25) is 5.91 Å². The molecule has 1 saturated carbocycles. The van der Waals surface area contributed by atoms with Crippen molar-refractivity contribution in [2.75, 3.05) is 19.8 Å². The molecule has 2 fully saturated rings. The maximum atomic E-state index is 12.1. The number of carbonyl (C=O) groups is 1. The monoisotopic (exact) mass is 254 g/mol. The Morgan fingerprint density at radius 2 is 2.22 bits per heavy atom. The van der Waals surface area contributed by atoms with Crippen LogP contribution in [-0.4, -0.2) is 31.7 Å². The zero-order chi connectivity index (χ0) is 13.0. The van der Waals surface area contributed by atoms with Gasteiger partial charge in [0.15, 0.2) is 0 Å². The van der Waals surface area contributed by atoms with Crippen LogP contribution in [0.1, 0.15) is 39.0 Å². The van der Waals surface area contributed by atoms with Gasteiger partial charge in [-0.15, -0.1) is 0 Å². The van der Waals surface area contributed by atoms with Gasteiger partial charge < -0.3 is 15.8 Å². The van der Waals surface area contributed by atoms with Crippen molar-refractivity contribution in [1.82, 2.24) is 5.32 Å². The zero-order valence-electron chi connectivity index (χ0n) is 11.4. The number of nitrogens with two attached hydrogens (primary N) is 1. The summed E-state index contributed by atoms with van der Waals surface area (Å²) in [6, 6.07) is 0.0357. The van der Waals surface area contributed by atoms with Crippen LogP contribution in [0.2, 0.25) is 0 Å². The summed E-state index contributed by atoms with van der Waals surface area (Å²) >= 11 is 0. The molecular weight excluding hydrogens is 228 g/mol. The van der Waals surface area contributed by atoms with Crippen molar-refractivity contribution in [2.45, 2.75) is 45.1 Å². The van der Waals surface area contributed by atoms with Gasteiger partial charge in [0.25, 0.3) is 0 Å². The maximum Gasteiger partial charge on any atom is 0.224 e. The number of rotatable bonds is 4. The Labute approximate surface area is 110 Å². The van der Waals surface area contributed by atoms with Crippen LogP contribution in [0, 0.1) is 17.8 Å². The van der Waals surface area contributed by atoms with Crippen LogP contribution < -0.4 is 11.1 Å². The van der Waals surface area contributed by atoms with E-state index >= 15 is 0 Å². The normalized spacial score (nSPS) is 36.6. The number of nitrogens with one attached hydrogen (secondary N) is 1. The topological polar surface area (TPSA) is 64.3 Å². The summed E-state index contributed by atoms with van der Waals surface area (Å²) in [7, 11) is 0. The molecule has 0 radical (unpaired) electrons. The molecule has 104 valence electrons. The fourth-order valence-electron chi connectivity index (χ4n) is 3.09. The van der Waals surface area contributed by atoms with E-state index in [4.69, 9.17) is 10.5 Å². The maximum absolute atomic E-state index is 12.1. The first kappa shape index (κ1) is 13.8. The third kappa shape index (κ3) is 3.45. The van der Waals surface area contributed by atoms with Gasteiger partial charge in [-0.1, -0.05) is 13.3 Å². The molecule has 0 spiro atoms. The molecule has 4 atom stereocenters. The molecule has 1 amide bonds. The van der Waals surface area contributed by atoms with Gasteiger partial charge in [0, 0.05) is 25.8 Å². The molecule has 0 aromatic carbocycles. The number of hydrogen-bond donors (Lipinski definition) is 2. The lowest BCUT2D eigenvalue weighted by Crippen LogP contribution is -2.47. The lowest BCUT2D eigenvalue weighted by atomic mass is 9.78. The van der Waals surface area contributed by atoms with Gasteiger partial charge in [-0.25, -0.2) is 0 Å². The highest BCUT2D eigenvalue weighted by Gasteiger charge is 2.32. The summed E-state index contributed by atoms with van der Waals surface area (Å²) in [5, 5.41) is 3.06. The van der Waals surface area contributed by atoms with E-state index < -0.39 is 0 Å². The van der Waals surface area contributed by atoms with Crippen LogP contribution >= 0.6 is 0 Å². The van der Waals surface area contributed by atoms with Gasteiger partial charge in [-0.05, 0) is 37.5 Å². The van der Waals surface area contributed by atoms with Crippen LogP contribution in [0.15, 0.2) is 0 Å². The number of hydrogen-bond acceptors (Lipinski definition) is 3. The van der Waals surface area contributed by atoms with Crippen molar-refractivity contribution in [3.8, 4) is 0 Å². The molecule has 4 nitrogen and oxygen atoms in total. The first-order chi connectivity index (χ1) is 8.68. The second-order valence-corrected chi connectivity index (χ2v) is 5.90. The molecule has 4 unspecified atom stereocenters. The molecule has 4 heteroatoms. The number of amides is 1. The fourth-order valence-corrected chi connectivity index (χ4v) is 3.09. The Bertz CT molecular complexity index is 277. The van der Waals surface area contributed by atoms with E-state index in [9.17, 15) is 4.79 Å². The van der Waals surface area contributed by atoms with Gasteiger partial charge in [0.05, 0.1) is 5.92 Å². The van der Waals surface area contributed by atoms with Crippen LogP contribution in [0.4, 0.5) is 0 Å². The Kier molecular flexibility index (Phi) is 5.01. The highest BCUT2D eigenvalue weighted by molar-refractivity contribution is 5.79. The second kappa shape index (κ2) is 6.53. The van der Waals surface area contributed by atoms with E-state index in [1.807, 2.05) is 0 Å². The van der Waals surface area contributed by atoms with Crippen LogP contribution in [0.5, 0.6) is 0 Å². The van der Waals surface area contributed by atoms with E-state index in [0.29, 0.717) is 11.8 Å². The molecule has 1 aliphatic heterocycles. The van der Waals surface area contributed by atoms with Gasteiger partial charge >= 0.3 is 0 Å². The zero-order valence-corrected chi connectivity index (χ0v) is 11.4. The van der Waals surface area contributed by atoms with Crippen molar-refractivity contribution in [3.63, 3.8) is 0 Å². The molecule has 2 rings (SSSR count). The van der Waals surface area contributed by atoms with Crippen molar-refractivity contribution in [1.29, 1.82) is 0 Å². The fraction of sp³-hybridized carbons (Fsp3) is 0.929. The highest BCUT2D eigenvalue weighted by atomic mass is 16.5.